The van der Waals surface area contributed by atoms with Gasteiger partial charge in [-0.2, -0.15) is 0 Å². The Morgan fingerprint density at radius 1 is 1.08 bits per heavy atom. The van der Waals surface area contributed by atoms with Gasteiger partial charge in [0.1, 0.15) is 17.4 Å². The van der Waals surface area contributed by atoms with Crippen LogP contribution < -0.4 is 15.6 Å². The Balaban J connectivity index is 1.60. The number of alkyl halides is 2. The Kier molecular flexibility index (Phi) is 11.5. The van der Waals surface area contributed by atoms with E-state index in [1.165, 1.54) is 6.07 Å². The van der Waals surface area contributed by atoms with E-state index < -0.39 is 23.3 Å². The molecule has 0 bridgehead atoms. The van der Waals surface area contributed by atoms with E-state index in [4.69, 9.17) is 9.72 Å². The van der Waals surface area contributed by atoms with E-state index in [-0.39, 0.29) is 23.5 Å². The van der Waals surface area contributed by atoms with Gasteiger partial charge in [-0.1, -0.05) is 18.2 Å². The normalized spacial score (nSPS) is 14.4. The van der Waals surface area contributed by atoms with E-state index >= 15 is 0 Å². The number of halogens is 3. The second kappa shape index (κ2) is 15.8. The van der Waals surface area contributed by atoms with Crippen molar-refractivity contribution in [1.29, 1.82) is 0 Å². The summed E-state index contributed by atoms with van der Waals surface area (Å²) in [5.74, 6) is -3.65. The SMILES string of the molecule is CCOc1ccc(-n2c(C(CCNC)N(CCCN3CCCC3)C(=O)Cc3ccc(C(C)(F)F)c(F)c3)nc3ccccc3c2=O)cc1. The summed E-state index contributed by atoms with van der Waals surface area (Å²) in [6.07, 6.45) is 3.19. The van der Waals surface area contributed by atoms with Crippen molar-refractivity contribution in [3.8, 4) is 11.4 Å². The molecule has 4 aromatic rings. The predicted octanol–water partition coefficient (Wildman–Crippen LogP) is 6.24. The zero-order valence-electron chi connectivity index (χ0n) is 27.9. The monoisotopic (exact) mass is 663 g/mol. The lowest BCUT2D eigenvalue weighted by atomic mass is 10.0. The third-order valence-corrected chi connectivity index (χ3v) is 8.80. The molecule has 0 spiro atoms. The molecule has 5 rings (SSSR count). The molecule has 1 fully saturated rings. The molecule has 1 unspecified atom stereocenters. The standard InChI is InChI=1S/C37H44F3N5O3/c1-4-48-28-15-13-27(14-16-28)45-35(42-32-11-6-5-10-29(32)36(45)47)33(18-19-41-3)44(23-9-22-43-20-7-8-21-43)34(46)25-26-12-17-30(31(38)24-26)37(2,39)40/h5-6,10-17,24,33,41H,4,7-9,18-23,25H2,1-3H3. The lowest BCUT2D eigenvalue weighted by molar-refractivity contribution is -0.133. The number of carbonyl (C=O) groups excluding carboxylic acids is 1. The minimum absolute atomic E-state index is 0.201. The maximum atomic E-state index is 14.8. The Hall–Kier alpha value is -4.22. The smallest absolute Gasteiger partial charge is 0.273 e. The van der Waals surface area contributed by atoms with Gasteiger partial charge in [0.15, 0.2) is 0 Å². The highest BCUT2D eigenvalue weighted by Gasteiger charge is 2.32. The average Bonchev–Trinajstić information content (AvgIpc) is 3.58. The molecule has 8 nitrogen and oxygen atoms in total. The quantitative estimate of drug-likeness (QED) is 0.162. The van der Waals surface area contributed by atoms with Crippen LogP contribution in [0.4, 0.5) is 13.2 Å². The van der Waals surface area contributed by atoms with Gasteiger partial charge in [0, 0.05) is 13.5 Å². The Labute approximate surface area is 279 Å². The first-order valence-corrected chi connectivity index (χ1v) is 16.7. The summed E-state index contributed by atoms with van der Waals surface area (Å²) in [6, 6.07) is 17.1. The average molecular weight is 664 g/mol. The summed E-state index contributed by atoms with van der Waals surface area (Å²) in [4.78, 5) is 37.7. The van der Waals surface area contributed by atoms with Crippen molar-refractivity contribution in [2.75, 3.05) is 46.4 Å². The van der Waals surface area contributed by atoms with Crippen molar-refractivity contribution in [2.45, 2.75) is 57.9 Å². The van der Waals surface area contributed by atoms with Crippen LogP contribution in [0.3, 0.4) is 0 Å². The number of ether oxygens (including phenoxy) is 1. The van der Waals surface area contributed by atoms with Gasteiger partial charge >= 0.3 is 0 Å². The summed E-state index contributed by atoms with van der Waals surface area (Å²) in [6.45, 7) is 6.73. The highest BCUT2D eigenvalue weighted by atomic mass is 19.3. The van der Waals surface area contributed by atoms with Crippen LogP contribution in [0.15, 0.2) is 71.5 Å². The molecule has 1 aromatic heterocycles. The molecule has 1 N–H and O–H groups in total. The van der Waals surface area contributed by atoms with Gasteiger partial charge in [0.05, 0.1) is 41.2 Å². The van der Waals surface area contributed by atoms with Crippen molar-refractivity contribution in [2.24, 2.45) is 0 Å². The molecule has 1 atom stereocenters. The van der Waals surface area contributed by atoms with Crippen molar-refractivity contribution in [3.05, 3.63) is 99.9 Å². The Morgan fingerprint density at radius 2 is 1.81 bits per heavy atom. The Bertz CT molecular complexity index is 1750. The van der Waals surface area contributed by atoms with Crippen LogP contribution in [0.2, 0.25) is 0 Å². The van der Waals surface area contributed by atoms with Gasteiger partial charge in [0.2, 0.25) is 5.91 Å². The third-order valence-electron chi connectivity index (χ3n) is 8.80. The van der Waals surface area contributed by atoms with Crippen molar-refractivity contribution >= 4 is 16.8 Å². The summed E-state index contributed by atoms with van der Waals surface area (Å²) in [7, 11) is 1.82. The number of carbonyl (C=O) groups is 1. The molecule has 0 radical (unpaired) electrons. The molecule has 0 saturated carbocycles. The minimum Gasteiger partial charge on any atom is -0.494 e. The van der Waals surface area contributed by atoms with Crippen LogP contribution in [0.25, 0.3) is 16.6 Å². The number of likely N-dealkylation sites (tertiary alicyclic amines) is 1. The van der Waals surface area contributed by atoms with Gasteiger partial charge in [-0.15, -0.1) is 0 Å². The van der Waals surface area contributed by atoms with Crippen LogP contribution in [0.5, 0.6) is 5.75 Å². The molecule has 11 heteroatoms. The number of para-hydroxylation sites is 1. The van der Waals surface area contributed by atoms with E-state index in [1.807, 2.05) is 20.0 Å². The zero-order chi connectivity index (χ0) is 34.3. The van der Waals surface area contributed by atoms with Crippen molar-refractivity contribution in [1.82, 2.24) is 24.7 Å². The number of rotatable bonds is 15. The van der Waals surface area contributed by atoms with Crippen LogP contribution in [-0.2, 0) is 17.1 Å². The number of hydrogen-bond acceptors (Lipinski definition) is 6. The van der Waals surface area contributed by atoms with E-state index in [9.17, 15) is 22.8 Å². The number of nitrogens with one attached hydrogen (secondary N) is 1. The lowest BCUT2D eigenvalue weighted by Crippen LogP contribution is -2.42. The van der Waals surface area contributed by atoms with Gasteiger partial charge in [-0.3, -0.25) is 14.2 Å². The molecule has 0 aliphatic carbocycles. The summed E-state index contributed by atoms with van der Waals surface area (Å²) in [5.41, 5.74) is 0.396. The number of fused-ring (bicyclic) bond motifs is 1. The van der Waals surface area contributed by atoms with Crippen LogP contribution in [-0.4, -0.2) is 71.6 Å². The Morgan fingerprint density at radius 3 is 2.48 bits per heavy atom. The van der Waals surface area contributed by atoms with Gasteiger partial charge in [-0.05, 0) is 120 Å². The summed E-state index contributed by atoms with van der Waals surface area (Å²) < 4.78 is 49.9. The number of hydrogen-bond donors (Lipinski definition) is 1. The second-order valence-corrected chi connectivity index (χ2v) is 12.3. The fourth-order valence-corrected chi connectivity index (χ4v) is 6.41. The van der Waals surface area contributed by atoms with Gasteiger partial charge in [-0.25, -0.2) is 18.2 Å². The first-order chi connectivity index (χ1) is 23.1. The molecule has 256 valence electrons. The predicted molar refractivity (Wildman–Crippen MR) is 181 cm³/mol. The van der Waals surface area contributed by atoms with Gasteiger partial charge < -0.3 is 19.9 Å². The molecule has 1 saturated heterocycles. The largest absolute Gasteiger partial charge is 0.494 e. The van der Waals surface area contributed by atoms with E-state index in [0.29, 0.717) is 67.6 Å². The molecule has 1 aliphatic heterocycles. The molecule has 2 heterocycles. The second-order valence-electron chi connectivity index (χ2n) is 12.3. The van der Waals surface area contributed by atoms with E-state index in [0.717, 1.165) is 44.6 Å². The van der Waals surface area contributed by atoms with Gasteiger partial charge in [0.25, 0.3) is 11.5 Å². The third kappa shape index (κ3) is 8.25. The molecular formula is C37H44F3N5O3. The molecule has 1 aliphatic rings. The van der Waals surface area contributed by atoms with Crippen LogP contribution >= 0.6 is 0 Å². The van der Waals surface area contributed by atoms with Crippen molar-refractivity contribution in [3.63, 3.8) is 0 Å². The first-order valence-electron chi connectivity index (χ1n) is 16.7. The number of amides is 1. The molecule has 3 aromatic carbocycles. The molecule has 1 amide bonds. The van der Waals surface area contributed by atoms with E-state index in [2.05, 4.69) is 10.2 Å². The zero-order valence-corrected chi connectivity index (χ0v) is 27.9. The summed E-state index contributed by atoms with van der Waals surface area (Å²) >= 11 is 0. The first kappa shape index (κ1) is 35.1. The topological polar surface area (TPSA) is 79.7 Å². The van der Waals surface area contributed by atoms with E-state index in [1.54, 1.807) is 51.9 Å². The minimum atomic E-state index is -3.35. The number of benzene rings is 3. The lowest BCUT2D eigenvalue weighted by Gasteiger charge is -2.34. The fraction of sp³-hybridized carbons (Fsp3) is 0.432. The number of nitrogens with zero attached hydrogens (tertiary/aromatic N) is 4. The van der Waals surface area contributed by atoms with Crippen LogP contribution in [0.1, 0.15) is 62.5 Å². The molecule has 48 heavy (non-hydrogen) atoms. The summed E-state index contributed by atoms with van der Waals surface area (Å²) in [5, 5.41) is 3.62. The highest BCUT2D eigenvalue weighted by Crippen LogP contribution is 2.31. The highest BCUT2D eigenvalue weighted by molar-refractivity contribution is 5.80. The van der Waals surface area contributed by atoms with Crippen LogP contribution in [0, 0.1) is 5.82 Å². The van der Waals surface area contributed by atoms with Crippen molar-refractivity contribution < 1.29 is 22.7 Å². The fourth-order valence-electron chi connectivity index (χ4n) is 6.41. The number of aromatic nitrogens is 2. The maximum Gasteiger partial charge on any atom is 0.273 e. The molecular weight excluding hydrogens is 619 g/mol. The maximum absolute atomic E-state index is 14.8.